The highest BCUT2D eigenvalue weighted by atomic mass is 16.4. The van der Waals surface area contributed by atoms with E-state index < -0.39 is 5.97 Å². The van der Waals surface area contributed by atoms with Crippen molar-refractivity contribution in [3.63, 3.8) is 0 Å². The normalized spacial score (nSPS) is 14.5. The second kappa shape index (κ2) is 8.84. The number of aromatic nitrogens is 3. The molecule has 2 aromatic carbocycles. The maximum atomic E-state index is 13.5. The first-order valence-corrected chi connectivity index (χ1v) is 10.8. The lowest BCUT2D eigenvalue weighted by Gasteiger charge is -2.35. The third kappa shape index (κ3) is 3.96. The maximum absolute atomic E-state index is 13.5. The van der Waals surface area contributed by atoms with Gasteiger partial charge in [0.25, 0.3) is 5.56 Å². The van der Waals surface area contributed by atoms with E-state index >= 15 is 0 Å². The van der Waals surface area contributed by atoms with Crippen LogP contribution in [0.5, 0.6) is 0 Å². The van der Waals surface area contributed by atoms with Crippen LogP contribution in [0.4, 0.5) is 5.95 Å². The number of aromatic carboxylic acids is 1. The Morgan fingerprint density at radius 2 is 1.48 bits per heavy atom. The molecule has 1 aliphatic heterocycles. The first-order valence-electron chi connectivity index (χ1n) is 10.8. The Balaban J connectivity index is 1.57. The molecule has 0 aliphatic carbocycles. The lowest BCUT2D eigenvalue weighted by atomic mass is 10.0. The molecule has 0 unspecified atom stereocenters. The molecule has 8 heteroatoms. The second-order valence-electron chi connectivity index (χ2n) is 7.96. The van der Waals surface area contributed by atoms with Crippen LogP contribution in [0.3, 0.4) is 0 Å². The van der Waals surface area contributed by atoms with Crippen LogP contribution in [0.1, 0.15) is 16.1 Å². The molecule has 1 fully saturated rings. The molecule has 0 amide bonds. The summed E-state index contributed by atoms with van der Waals surface area (Å²) < 4.78 is 1.55. The summed E-state index contributed by atoms with van der Waals surface area (Å²) in [5.74, 6) is -0.350. The van der Waals surface area contributed by atoms with Crippen molar-refractivity contribution < 1.29 is 9.90 Å². The molecule has 1 N–H and O–H groups in total. The third-order valence-electron chi connectivity index (χ3n) is 6.00. The van der Waals surface area contributed by atoms with Gasteiger partial charge >= 0.3 is 5.97 Å². The Hall–Kier alpha value is -4.04. The van der Waals surface area contributed by atoms with Crippen LogP contribution in [0.2, 0.25) is 0 Å². The average Bonchev–Trinajstić information content (AvgIpc) is 2.86. The van der Waals surface area contributed by atoms with Crippen molar-refractivity contribution in [1.29, 1.82) is 0 Å². The minimum Gasteiger partial charge on any atom is -0.478 e. The molecule has 4 aromatic rings. The number of carboxylic acids is 1. The van der Waals surface area contributed by atoms with Gasteiger partial charge in [-0.05, 0) is 24.3 Å². The highest BCUT2D eigenvalue weighted by Gasteiger charge is 2.26. The predicted octanol–water partition coefficient (Wildman–Crippen LogP) is 2.80. The van der Waals surface area contributed by atoms with Crippen molar-refractivity contribution in [2.24, 2.45) is 0 Å². The zero-order valence-electron chi connectivity index (χ0n) is 18.0. The molecule has 0 bridgehead atoms. The average molecular weight is 441 g/mol. The number of anilines is 1. The molecule has 3 heterocycles. The van der Waals surface area contributed by atoms with Gasteiger partial charge in [0, 0.05) is 61.6 Å². The third-order valence-corrected chi connectivity index (χ3v) is 6.00. The van der Waals surface area contributed by atoms with Gasteiger partial charge in [-0.1, -0.05) is 36.4 Å². The number of nitrogens with zero attached hydrogens (tertiary/aromatic N) is 5. The molecule has 1 aliphatic rings. The molecule has 0 atom stereocenters. The Labute approximate surface area is 190 Å². The summed E-state index contributed by atoms with van der Waals surface area (Å²) in [5, 5.41) is 11.1. The van der Waals surface area contributed by atoms with E-state index in [4.69, 9.17) is 0 Å². The molecule has 0 radical (unpaired) electrons. The lowest BCUT2D eigenvalue weighted by Crippen LogP contribution is -2.47. The van der Waals surface area contributed by atoms with Crippen LogP contribution in [0.15, 0.2) is 77.9 Å². The zero-order valence-corrected chi connectivity index (χ0v) is 18.0. The largest absolute Gasteiger partial charge is 0.478 e. The van der Waals surface area contributed by atoms with Crippen molar-refractivity contribution in [2.45, 2.75) is 6.54 Å². The van der Waals surface area contributed by atoms with Crippen LogP contribution in [-0.2, 0) is 6.54 Å². The molecule has 1 saturated heterocycles. The first-order chi connectivity index (χ1) is 16.1. The molecule has 0 spiro atoms. The number of benzene rings is 2. The van der Waals surface area contributed by atoms with Gasteiger partial charge in [0.15, 0.2) is 0 Å². The topological polar surface area (TPSA) is 91.6 Å². The van der Waals surface area contributed by atoms with Gasteiger partial charge in [-0.2, -0.15) is 0 Å². The summed E-state index contributed by atoms with van der Waals surface area (Å²) in [6.45, 7) is 3.19. The number of piperazine rings is 1. The van der Waals surface area contributed by atoms with Gasteiger partial charge in [-0.25, -0.2) is 14.8 Å². The van der Waals surface area contributed by atoms with Crippen molar-refractivity contribution in [3.8, 4) is 5.69 Å². The first kappa shape index (κ1) is 20.8. The van der Waals surface area contributed by atoms with Crippen LogP contribution in [0.25, 0.3) is 16.5 Å². The van der Waals surface area contributed by atoms with E-state index in [0.29, 0.717) is 47.7 Å². The summed E-state index contributed by atoms with van der Waals surface area (Å²) >= 11 is 0. The summed E-state index contributed by atoms with van der Waals surface area (Å²) in [6.07, 6.45) is 3.45. The lowest BCUT2D eigenvalue weighted by molar-refractivity contribution is 0.0695. The van der Waals surface area contributed by atoms with Gasteiger partial charge in [0.05, 0.1) is 11.3 Å². The number of pyridine rings is 1. The Morgan fingerprint density at radius 1 is 0.848 bits per heavy atom. The summed E-state index contributed by atoms with van der Waals surface area (Å²) in [5.41, 5.74) is 1.10. The zero-order chi connectivity index (χ0) is 22.8. The number of rotatable bonds is 5. The summed E-state index contributed by atoms with van der Waals surface area (Å²) in [6, 6.07) is 17.9. The number of para-hydroxylation sites is 1. The monoisotopic (exact) mass is 441 g/mol. The second-order valence-corrected chi connectivity index (χ2v) is 7.96. The maximum Gasteiger partial charge on any atom is 0.338 e. The standard InChI is InChI=1S/C25H23N5O3/c31-23-20-10-5-4-9-19(20)22(24(32)33)21(30(23)18-7-2-1-3-8-18)17-28-13-15-29(16-14-28)25-26-11-6-12-27-25/h1-12H,13-17H2,(H,32,33). The van der Waals surface area contributed by atoms with Gasteiger partial charge in [-0.3, -0.25) is 14.3 Å². The van der Waals surface area contributed by atoms with E-state index in [1.165, 1.54) is 0 Å². The van der Waals surface area contributed by atoms with E-state index in [-0.39, 0.29) is 11.1 Å². The highest BCUT2D eigenvalue weighted by Crippen LogP contribution is 2.24. The molecule has 33 heavy (non-hydrogen) atoms. The van der Waals surface area contributed by atoms with Gasteiger partial charge in [0.1, 0.15) is 0 Å². The number of carbonyl (C=O) groups is 1. The molecule has 0 saturated carbocycles. The van der Waals surface area contributed by atoms with Gasteiger partial charge in [0.2, 0.25) is 5.95 Å². The Bertz CT molecular complexity index is 1350. The van der Waals surface area contributed by atoms with E-state index in [2.05, 4.69) is 19.8 Å². The predicted molar refractivity (Wildman–Crippen MR) is 126 cm³/mol. The summed E-state index contributed by atoms with van der Waals surface area (Å²) in [7, 11) is 0. The molecule has 8 nitrogen and oxygen atoms in total. The SMILES string of the molecule is O=C(O)c1c(CN2CCN(c3ncccn3)CC2)n(-c2ccccc2)c(=O)c2ccccc12. The van der Waals surface area contributed by atoms with Crippen molar-refractivity contribution in [2.75, 3.05) is 31.1 Å². The van der Waals surface area contributed by atoms with Gasteiger partial charge in [-0.15, -0.1) is 0 Å². The smallest absolute Gasteiger partial charge is 0.338 e. The van der Waals surface area contributed by atoms with Crippen LogP contribution < -0.4 is 10.5 Å². The number of hydrogen-bond acceptors (Lipinski definition) is 6. The molecule has 2 aromatic heterocycles. The van der Waals surface area contributed by atoms with Crippen LogP contribution >= 0.6 is 0 Å². The number of hydrogen-bond donors (Lipinski definition) is 1. The van der Waals surface area contributed by atoms with E-state index in [1.54, 1.807) is 47.3 Å². The fourth-order valence-corrected chi connectivity index (χ4v) is 4.41. The van der Waals surface area contributed by atoms with Crippen LogP contribution in [0, 0.1) is 0 Å². The quantitative estimate of drug-likeness (QED) is 0.509. The highest BCUT2D eigenvalue weighted by molar-refractivity contribution is 6.04. The van der Waals surface area contributed by atoms with Gasteiger partial charge < -0.3 is 10.0 Å². The molecule has 166 valence electrons. The van der Waals surface area contributed by atoms with Crippen LogP contribution in [-0.4, -0.2) is 56.7 Å². The molecule has 5 rings (SSSR count). The van der Waals surface area contributed by atoms with Crippen molar-refractivity contribution >= 4 is 22.7 Å². The van der Waals surface area contributed by atoms with Crippen molar-refractivity contribution in [3.05, 3.63) is 94.7 Å². The fourth-order valence-electron chi connectivity index (χ4n) is 4.41. The van der Waals surface area contributed by atoms with E-state index in [0.717, 1.165) is 13.1 Å². The Morgan fingerprint density at radius 3 is 2.15 bits per heavy atom. The van der Waals surface area contributed by atoms with E-state index in [1.807, 2.05) is 30.3 Å². The Kier molecular flexibility index (Phi) is 5.58. The minimum absolute atomic E-state index is 0.169. The number of fused-ring (bicyclic) bond motifs is 1. The molecular weight excluding hydrogens is 418 g/mol. The summed E-state index contributed by atoms with van der Waals surface area (Å²) in [4.78, 5) is 38.9. The van der Waals surface area contributed by atoms with Crippen molar-refractivity contribution in [1.82, 2.24) is 19.4 Å². The minimum atomic E-state index is -1.04. The molecular formula is C25H23N5O3. The van der Waals surface area contributed by atoms with E-state index in [9.17, 15) is 14.7 Å². The number of carboxylic acid groups (broad SMARTS) is 1. The fraction of sp³-hybridized carbons (Fsp3) is 0.200.